The van der Waals surface area contributed by atoms with Gasteiger partial charge >= 0.3 is 0 Å². The number of sulfone groups is 1. The van der Waals surface area contributed by atoms with E-state index in [9.17, 15) is 13.2 Å². The maximum Gasteiger partial charge on any atom is 0.237 e. The predicted molar refractivity (Wildman–Crippen MR) is 60.8 cm³/mol. The summed E-state index contributed by atoms with van der Waals surface area (Å²) in [6.07, 6.45) is 3.32. The normalized spacial score (nSPS) is 34.4. The van der Waals surface area contributed by atoms with Crippen LogP contribution in [-0.2, 0) is 14.6 Å². The summed E-state index contributed by atoms with van der Waals surface area (Å²) in [6.45, 7) is 0.736. The number of amides is 1. The SMILES string of the molecule is O=C1NCCCC1NC1CCCS(=O)(=O)C1. The van der Waals surface area contributed by atoms with Crippen LogP contribution in [0.5, 0.6) is 0 Å². The second-order valence-corrected chi connectivity index (χ2v) is 6.83. The highest BCUT2D eigenvalue weighted by Gasteiger charge is 2.29. The second-order valence-electron chi connectivity index (χ2n) is 4.61. The lowest BCUT2D eigenvalue weighted by Crippen LogP contribution is -2.54. The lowest BCUT2D eigenvalue weighted by molar-refractivity contribution is -0.124. The Morgan fingerprint density at radius 2 is 2.06 bits per heavy atom. The van der Waals surface area contributed by atoms with Crippen molar-refractivity contribution in [1.29, 1.82) is 0 Å². The largest absolute Gasteiger partial charge is 0.355 e. The molecular formula is C10H18N2O3S. The molecule has 16 heavy (non-hydrogen) atoms. The zero-order valence-corrected chi connectivity index (χ0v) is 10.1. The second kappa shape index (κ2) is 4.71. The minimum atomic E-state index is -2.89. The van der Waals surface area contributed by atoms with E-state index in [1.165, 1.54) is 0 Å². The highest BCUT2D eigenvalue weighted by molar-refractivity contribution is 7.91. The number of carbonyl (C=O) groups excluding carboxylic acids is 1. The van der Waals surface area contributed by atoms with Crippen LogP contribution < -0.4 is 10.6 Å². The van der Waals surface area contributed by atoms with Crippen molar-refractivity contribution in [2.75, 3.05) is 18.1 Å². The Bertz CT molecular complexity index is 366. The molecule has 2 aliphatic heterocycles. The first-order chi connectivity index (χ1) is 7.57. The van der Waals surface area contributed by atoms with E-state index in [1.807, 2.05) is 0 Å². The summed E-state index contributed by atoms with van der Waals surface area (Å²) in [5.74, 6) is 0.480. The Hall–Kier alpha value is -0.620. The molecular weight excluding hydrogens is 228 g/mol. The highest BCUT2D eigenvalue weighted by Crippen LogP contribution is 2.14. The van der Waals surface area contributed by atoms with Crippen LogP contribution in [0.2, 0.25) is 0 Å². The van der Waals surface area contributed by atoms with Crippen LogP contribution in [0.4, 0.5) is 0 Å². The smallest absolute Gasteiger partial charge is 0.237 e. The van der Waals surface area contributed by atoms with Gasteiger partial charge in [-0.3, -0.25) is 4.79 Å². The third-order valence-corrected chi connectivity index (χ3v) is 5.01. The van der Waals surface area contributed by atoms with Crippen LogP contribution in [0, 0.1) is 0 Å². The Morgan fingerprint density at radius 3 is 2.75 bits per heavy atom. The van der Waals surface area contributed by atoms with E-state index in [-0.39, 0.29) is 23.7 Å². The van der Waals surface area contributed by atoms with Gasteiger partial charge < -0.3 is 10.6 Å². The quantitative estimate of drug-likeness (QED) is 0.684. The van der Waals surface area contributed by atoms with Crippen molar-refractivity contribution < 1.29 is 13.2 Å². The topological polar surface area (TPSA) is 75.3 Å². The van der Waals surface area contributed by atoms with E-state index in [2.05, 4.69) is 10.6 Å². The fourth-order valence-electron chi connectivity index (χ4n) is 2.37. The van der Waals surface area contributed by atoms with Crippen molar-refractivity contribution in [3.05, 3.63) is 0 Å². The van der Waals surface area contributed by atoms with E-state index < -0.39 is 9.84 Å². The summed E-state index contributed by atoms with van der Waals surface area (Å²) in [5.41, 5.74) is 0. The van der Waals surface area contributed by atoms with Gasteiger partial charge in [-0.1, -0.05) is 0 Å². The van der Waals surface area contributed by atoms with Gasteiger partial charge in [-0.05, 0) is 25.7 Å². The number of hydrogen-bond donors (Lipinski definition) is 2. The van der Waals surface area contributed by atoms with Gasteiger partial charge in [-0.2, -0.15) is 0 Å². The first-order valence-corrected chi connectivity index (χ1v) is 7.63. The van der Waals surface area contributed by atoms with Crippen LogP contribution in [0.25, 0.3) is 0 Å². The third kappa shape index (κ3) is 2.95. The molecule has 0 aromatic carbocycles. The van der Waals surface area contributed by atoms with Crippen molar-refractivity contribution in [3.63, 3.8) is 0 Å². The predicted octanol–water partition coefficient (Wildman–Crippen LogP) is -0.568. The molecule has 2 aliphatic rings. The van der Waals surface area contributed by atoms with Gasteiger partial charge in [-0.15, -0.1) is 0 Å². The molecule has 2 rings (SSSR count). The highest BCUT2D eigenvalue weighted by atomic mass is 32.2. The lowest BCUT2D eigenvalue weighted by atomic mass is 10.0. The van der Waals surface area contributed by atoms with E-state index in [0.29, 0.717) is 12.2 Å². The molecule has 2 atom stereocenters. The van der Waals surface area contributed by atoms with Gasteiger partial charge in [-0.25, -0.2) is 8.42 Å². The van der Waals surface area contributed by atoms with Crippen molar-refractivity contribution in [3.8, 4) is 0 Å². The molecule has 0 bridgehead atoms. The van der Waals surface area contributed by atoms with Gasteiger partial charge in [0.15, 0.2) is 9.84 Å². The zero-order chi connectivity index (χ0) is 11.6. The van der Waals surface area contributed by atoms with Crippen LogP contribution in [0.1, 0.15) is 25.7 Å². The summed E-state index contributed by atoms with van der Waals surface area (Å²) in [7, 11) is -2.89. The van der Waals surface area contributed by atoms with Crippen molar-refractivity contribution >= 4 is 15.7 Å². The van der Waals surface area contributed by atoms with Gasteiger partial charge in [0.2, 0.25) is 5.91 Å². The van der Waals surface area contributed by atoms with Crippen LogP contribution in [-0.4, -0.2) is 44.5 Å². The molecule has 0 aromatic rings. The molecule has 0 aromatic heterocycles. The van der Waals surface area contributed by atoms with E-state index >= 15 is 0 Å². The van der Waals surface area contributed by atoms with Gasteiger partial charge in [0.25, 0.3) is 0 Å². The summed E-state index contributed by atoms with van der Waals surface area (Å²) < 4.78 is 22.9. The van der Waals surface area contributed by atoms with Gasteiger partial charge in [0, 0.05) is 12.6 Å². The maximum atomic E-state index is 11.5. The van der Waals surface area contributed by atoms with Crippen molar-refractivity contribution in [2.24, 2.45) is 0 Å². The fraction of sp³-hybridized carbons (Fsp3) is 0.900. The number of nitrogens with one attached hydrogen (secondary N) is 2. The Kier molecular flexibility index (Phi) is 3.49. The maximum absolute atomic E-state index is 11.5. The Labute approximate surface area is 95.9 Å². The lowest BCUT2D eigenvalue weighted by Gasteiger charge is -2.29. The van der Waals surface area contributed by atoms with E-state index in [4.69, 9.17) is 0 Å². The molecule has 92 valence electrons. The van der Waals surface area contributed by atoms with E-state index in [0.717, 1.165) is 25.8 Å². The molecule has 2 heterocycles. The first kappa shape index (κ1) is 11.9. The number of piperidine rings is 1. The molecule has 5 nitrogen and oxygen atoms in total. The van der Waals surface area contributed by atoms with Crippen LogP contribution >= 0.6 is 0 Å². The van der Waals surface area contributed by atoms with Crippen molar-refractivity contribution in [1.82, 2.24) is 10.6 Å². The fourth-order valence-corrected chi connectivity index (χ4v) is 4.02. The molecule has 2 fully saturated rings. The molecule has 0 aliphatic carbocycles. The first-order valence-electron chi connectivity index (χ1n) is 5.81. The summed E-state index contributed by atoms with van der Waals surface area (Å²) >= 11 is 0. The molecule has 2 N–H and O–H groups in total. The molecule has 0 saturated carbocycles. The van der Waals surface area contributed by atoms with Gasteiger partial charge in [0.1, 0.15) is 0 Å². The number of hydrogen-bond acceptors (Lipinski definition) is 4. The standard InChI is InChI=1S/C10H18N2O3S/c13-10-9(4-1-5-11-10)12-8-3-2-6-16(14,15)7-8/h8-9,12H,1-7H2,(H,11,13). The van der Waals surface area contributed by atoms with Crippen LogP contribution in [0.3, 0.4) is 0 Å². The molecule has 6 heteroatoms. The number of carbonyl (C=O) groups is 1. The number of rotatable bonds is 2. The van der Waals surface area contributed by atoms with Crippen molar-refractivity contribution in [2.45, 2.75) is 37.8 Å². The average molecular weight is 246 g/mol. The summed E-state index contributed by atoms with van der Waals surface area (Å²) in [6, 6.07) is -0.250. The zero-order valence-electron chi connectivity index (χ0n) is 9.24. The summed E-state index contributed by atoms with van der Waals surface area (Å²) in [4.78, 5) is 11.5. The Morgan fingerprint density at radius 1 is 1.25 bits per heavy atom. The minimum absolute atomic E-state index is 0.00854. The molecule has 2 unspecified atom stereocenters. The summed E-state index contributed by atoms with van der Waals surface area (Å²) in [5, 5.41) is 5.96. The molecule has 0 radical (unpaired) electrons. The monoisotopic (exact) mass is 246 g/mol. The van der Waals surface area contributed by atoms with E-state index in [1.54, 1.807) is 0 Å². The van der Waals surface area contributed by atoms with Gasteiger partial charge in [0.05, 0.1) is 17.5 Å². The average Bonchev–Trinajstić information content (AvgIpc) is 2.20. The molecule has 2 saturated heterocycles. The molecule has 0 spiro atoms. The minimum Gasteiger partial charge on any atom is -0.355 e. The Balaban J connectivity index is 1.91. The van der Waals surface area contributed by atoms with Crippen LogP contribution in [0.15, 0.2) is 0 Å². The molecule has 1 amide bonds. The third-order valence-electron chi connectivity index (χ3n) is 3.19.